The molecule has 0 aliphatic carbocycles. The lowest BCUT2D eigenvalue weighted by Gasteiger charge is -2.08. The van der Waals surface area contributed by atoms with E-state index < -0.39 is 25.2 Å². The summed E-state index contributed by atoms with van der Waals surface area (Å²) in [4.78, 5) is 11.5. The molecule has 0 aromatic heterocycles. The first kappa shape index (κ1) is 14.8. The summed E-state index contributed by atoms with van der Waals surface area (Å²) in [5, 5.41) is 0.310. The zero-order chi connectivity index (χ0) is 13.8. The third-order valence-corrected chi connectivity index (χ3v) is 2.28. The third kappa shape index (κ3) is 4.54. The quantitative estimate of drug-likeness (QED) is 0.779. The number of hydrogen-bond donors (Lipinski definition) is 0. The molecular weight excluding hydrogens is 273 g/mol. The van der Waals surface area contributed by atoms with Crippen LogP contribution >= 0.6 is 11.6 Å². The van der Waals surface area contributed by atoms with Crippen LogP contribution < -0.4 is 4.74 Å². The zero-order valence-electron chi connectivity index (χ0n) is 9.38. The first-order valence-electron chi connectivity index (χ1n) is 4.84. The van der Waals surface area contributed by atoms with Gasteiger partial charge in [0.25, 0.3) is 0 Å². The van der Waals surface area contributed by atoms with E-state index in [1.165, 1.54) is 25.3 Å². The SMILES string of the molecule is COc1cc(C(=O)COCC(F)(F)F)ccc1Cl. The van der Waals surface area contributed by atoms with Crippen LogP contribution in [0.3, 0.4) is 0 Å². The average Bonchev–Trinajstić information content (AvgIpc) is 2.27. The number of halogens is 4. The van der Waals surface area contributed by atoms with Crippen molar-refractivity contribution in [1.82, 2.24) is 0 Å². The number of carbonyl (C=O) groups is 1. The van der Waals surface area contributed by atoms with Gasteiger partial charge in [-0.2, -0.15) is 13.2 Å². The summed E-state index contributed by atoms with van der Waals surface area (Å²) >= 11 is 5.75. The van der Waals surface area contributed by atoms with Crippen LogP contribution in [0, 0.1) is 0 Å². The maximum Gasteiger partial charge on any atom is 0.411 e. The minimum atomic E-state index is -4.45. The fourth-order valence-corrected chi connectivity index (χ4v) is 1.37. The molecule has 0 heterocycles. The number of methoxy groups -OCH3 is 1. The van der Waals surface area contributed by atoms with E-state index in [9.17, 15) is 18.0 Å². The van der Waals surface area contributed by atoms with Crippen molar-refractivity contribution in [2.75, 3.05) is 20.3 Å². The van der Waals surface area contributed by atoms with Gasteiger partial charge in [0.15, 0.2) is 5.78 Å². The molecule has 0 spiro atoms. The van der Waals surface area contributed by atoms with E-state index in [4.69, 9.17) is 16.3 Å². The molecule has 0 aliphatic rings. The molecule has 0 fully saturated rings. The van der Waals surface area contributed by atoms with Gasteiger partial charge < -0.3 is 9.47 Å². The van der Waals surface area contributed by atoms with Crippen molar-refractivity contribution in [3.63, 3.8) is 0 Å². The van der Waals surface area contributed by atoms with Crippen LogP contribution in [0.5, 0.6) is 5.75 Å². The van der Waals surface area contributed by atoms with Gasteiger partial charge in [0.2, 0.25) is 0 Å². The molecule has 1 aromatic rings. The van der Waals surface area contributed by atoms with E-state index in [2.05, 4.69) is 4.74 Å². The Kier molecular flexibility index (Phi) is 4.98. The van der Waals surface area contributed by atoms with E-state index >= 15 is 0 Å². The molecule has 7 heteroatoms. The van der Waals surface area contributed by atoms with Crippen molar-refractivity contribution in [3.05, 3.63) is 28.8 Å². The maximum atomic E-state index is 11.8. The molecule has 0 N–H and O–H groups in total. The summed E-state index contributed by atoms with van der Waals surface area (Å²) in [6.45, 7) is -2.10. The van der Waals surface area contributed by atoms with Gasteiger partial charge in [-0.25, -0.2) is 0 Å². The second-order valence-electron chi connectivity index (χ2n) is 3.38. The van der Waals surface area contributed by atoms with Gasteiger partial charge in [-0.1, -0.05) is 11.6 Å². The molecule has 1 aromatic carbocycles. The minimum absolute atomic E-state index is 0.179. The van der Waals surface area contributed by atoms with Crippen molar-refractivity contribution >= 4 is 17.4 Å². The third-order valence-electron chi connectivity index (χ3n) is 1.97. The summed E-state index contributed by atoms with van der Waals surface area (Å²) < 4.78 is 44.6. The smallest absolute Gasteiger partial charge is 0.411 e. The number of ether oxygens (including phenoxy) is 2. The molecule has 0 unspecified atom stereocenters. The molecule has 0 radical (unpaired) electrons. The van der Waals surface area contributed by atoms with Crippen molar-refractivity contribution in [1.29, 1.82) is 0 Å². The van der Waals surface area contributed by atoms with Gasteiger partial charge in [-0.05, 0) is 18.2 Å². The second-order valence-corrected chi connectivity index (χ2v) is 3.79. The van der Waals surface area contributed by atoms with Crippen molar-refractivity contribution in [2.24, 2.45) is 0 Å². The van der Waals surface area contributed by atoms with Crippen LogP contribution in [0.1, 0.15) is 10.4 Å². The Balaban J connectivity index is 2.62. The number of benzene rings is 1. The Hall–Kier alpha value is -1.27. The van der Waals surface area contributed by atoms with Crippen LogP contribution in [-0.2, 0) is 4.74 Å². The predicted octanol–water partition coefficient (Wildman–Crippen LogP) is 3.11. The van der Waals surface area contributed by atoms with Crippen LogP contribution in [0.2, 0.25) is 5.02 Å². The van der Waals surface area contributed by atoms with Crippen LogP contribution in [-0.4, -0.2) is 32.3 Å². The zero-order valence-corrected chi connectivity index (χ0v) is 10.1. The van der Waals surface area contributed by atoms with Crippen LogP contribution in [0.4, 0.5) is 13.2 Å². The highest BCUT2D eigenvalue weighted by atomic mass is 35.5. The van der Waals surface area contributed by atoms with Gasteiger partial charge in [0.1, 0.15) is 19.0 Å². The summed E-state index contributed by atoms with van der Waals surface area (Å²) in [7, 11) is 1.37. The lowest BCUT2D eigenvalue weighted by atomic mass is 10.1. The second kappa shape index (κ2) is 6.06. The molecule has 0 bridgehead atoms. The van der Waals surface area contributed by atoms with Crippen molar-refractivity contribution in [3.8, 4) is 5.75 Å². The van der Waals surface area contributed by atoms with Crippen molar-refractivity contribution < 1.29 is 27.4 Å². The number of carbonyl (C=O) groups excluding carboxylic acids is 1. The fourth-order valence-electron chi connectivity index (χ4n) is 1.18. The summed E-state index contributed by atoms with van der Waals surface area (Å²) in [5.74, 6) is -0.299. The van der Waals surface area contributed by atoms with E-state index in [-0.39, 0.29) is 11.3 Å². The molecule has 3 nitrogen and oxygen atoms in total. The van der Waals surface area contributed by atoms with Gasteiger partial charge >= 0.3 is 6.18 Å². The largest absolute Gasteiger partial charge is 0.495 e. The monoisotopic (exact) mass is 282 g/mol. The standard InChI is InChI=1S/C11H10ClF3O3/c1-17-10-4-7(2-3-8(10)12)9(16)5-18-6-11(13,14)15/h2-4H,5-6H2,1H3. The number of rotatable bonds is 5. The number of alkyl halides is 3. The highest BCUT2D eigenvalue weighted by Crippen LogP contribution is 2.25. The number of ketones is 1. The molecule has 0 atom stereocenters. The normalized spacial score (nSPS) is 11.4. The summed E-state index contributed by atoms with van der Waals surface area (Å²) in [6.07, 6.45) is -4.45. The maximum absolute atomic E-state index is 11.8. The van der Waals surface area contributed by atoms with Gasteiger partial charge in [-0.3, -0.25) is 4.79 Å². The lowest BCUT2D eigenvalue weighted by Crippen LogP contribution is -2.20. The van der Waals surface area contributed by atoms with E-state index in [1.54, 1.807) is 0 Å². The summed E-state index contributed by atoms with van der Waals surface area (Å²) in [5.41, 5.74) is 0.179. The van der Waals surface area contributed by atoms with Crippen LogP contribution in [0.25, 0.3) is 0 Å². The van der Waals surface area contributed by atoms with Gasteiger partial charge in [-0.15, -0.1) is 0 Å². The average molecular weight is 283 g/mol. The molecule has 1 rings (SSSR count). The van der Waals surface area contributed by atoms with E-state index in [0.717, 1.165) is 0 Å². The first-order chi connectivity index (χ1) is 8.33. The number of Topliss-reactive ketones (excluding diaryl/α,β-unsaturated/α-hetero) is 1. The fraction of sp³-hybridized carbons (Fsp3) is 0.364. The molecular formula is C11H10ClF3O3. The Morgan fingerprint density at radius 2 is 2.06 bits per heavy atom. The van der Waals surface area contributed by atoms with Gasteiger partial charge in [0.05, 0.1) is 12.1 Å². The Morgan fingerprint density at radius 1 is 1.39 bits per heavy atom. The van der Waals surface area contributed by atoms with Gasteiger partial charge in [0, 0.05) is 5.56 Å². The molecule has 18 heavy (non-hydrogen) atoms. The highest BCUT2D eigenvalue weighted by Gasteiger charge is 2.27. The summed E-state index contributed by atoms with van der Waals surface area (Å²) in [6, 6.07) is 4.17. The van der Waals surface area contributed by atoms with Crippen LogP contribution in [0.15, 0.2) is 18.2 Å². The molecule has 0 saturated heterocycles. The highest BCUT2D eigenvalue weighted by molar-refractivity contribution is 6.32. The predicted molar refractivity (Wildman–Crippen MR) is 59.2 cm³/mol. The van der Waals surface area contributed by atoms with E-state index in [0.29, 0.717) is 5.02 Å². The Morgan fingerprint density at radius 3 is 2.61 bits per heavy atom. The molecule has 0 aliphatic heterocycles. The van der Waals surface area contributed by atoms with E-state index in [1.807, 2.05) is 0 Å². The lowest BCUT2D eigenvalue weighted by molar-refractivity contribution is -0.170. The Labute approximate surface area is 106 Å². The minimum Gasteiger partial charge on any atom is -0.495 e. The van der Waals surface area contributed by atoms with Crippen molar-refractivity contribution in [2.45, 2.75) is 6.18 Å². The molecule has 100 valence electrons. The topological polar surface area (TPSA) is 35.5 Å². The first-order valence-corrected chi connectivity index (χ1v) is 5.22. The number of hydrogen-bond acceptors (Lipinski definition) is 3. The Bertz CT molecular complexity index is 432. The molecule has 0 saturated carbocycles. The molecule has 0 amide bonds.